The summed E-state index contributed by atoms with van der Waals surface area (Å²) in [7, 11) is -2.49. The minimum absolute atomic E-state index is 0.173. The standard InChI is InChI=1S/C11H16BrNO4S2/c1-6(2)9(11(14)17-4)13-19(15,16)8-5-7(3)10(12)18-8/h5-6,9,13H,1-4H3. The Morgan fingerprint density at radius 2 is 2.05 bits per heavy atom. The molecule has 1 unspecified atom stereocenters. The summed E-state index contributed by atoms with van der Waals surface area (Å²) in [4.78, 5) is 11.6. The van der Waals surface area contributed by atoms with Gasteiger partial charge in [0.2, 0.25) is 0 Å². The number of nitrogens with one attached hydrogen (secondary N) is 1. The third kappa shape index (κ3) is 4.01. The van der Waals surface area contributed by atoms with Crippen LogP contribution in [0.1, 0.15) is 19.4 Å². The summed E-state index contributed by atoms with van der Waals surface area (Å²) >= 11 is 4.39. The van der Waals surface area contributed by atoms with Crippen LogP contribution in [0.2, 0.25) is 0 Å². The van der Waals surface area contributed by atoms with Crippen LogP contribution < -0.4 is 4.72 Å². The Morgan fingerprint density at radius 1 is 1.47 bits per heavy atom. The van der Waals surface area contributed by atoms with Crippen LogP contribution in [0.15, 0.2) is 14.1 Å². The predicted molar refractivity (Wildman–Crippen MR) is 77.7 cm³/mol. The Hall–Kier alpha value is -0.440. The van der Waals surface area contributed by atoms with Gasteiger partial charge in [0, 0.05) is 0 Å². The number of aryl methyl sites for hydroxylation is 1. The van der Waals surface area contributed by atoms with Crippen molar-refractivity contribution in [3.8, 4) is 0 Å². The van der Waals surface area contributed by atoms with E-state index in [-0.39, 0.29) is 10.1 Å². The fourth-order valence-electron chi connectivity index (χ4n) is 1.37. The zero-order valence-electron chi connectivity index (χ0n) is 11.1. The molecule has 0 radical (unpaired) electrons. The molecule has 1 atom stereocenters. The number of methoxy groups -OCH3 is 1. The summed E-state index contributed by atoms with van der Waals surface area (Å²) in [5, 5.41) is 0. The largest absolute Gasteiger partial charge is 0.468 e. The molecule has 5 nitrogen and oxygen atoms in total. The summed E-state index contributed by atoms with van der Waals surface area (Å²) < 4.78 is 32.3. The Bertz CT molecular complexity index is 546. The van der Waals surface area contributed by atoms with E-state index in [1.807, 2.05) is 0 Å². The minimum atomic E-state index is -3.72. The summed E-state index contributed by atoms with van der Waals surface area (Å²) in [6, 6.07) is 0.669. The van der Waals surface area contributed by atoms with Crippen LogP contribution in [0.3, 0.4) is 0 Å². The Balaban J connectivity index is 3.04. The topological polar surface area (TPSA) is 72.5 Å². The quantitative estimate of drug-likeness (QED) is 0.808. The van der Waals surface area contributed by atoms with Gasteiger partial charge in [0.05, 0.1) is 10.9 Å². The number of hydrogen-bond donors (Lipinski definition) is 1. The molecule has 0 aromatic carbocycles. The Morgan fingerprint density at radius 3 is 2.42 bits per heavy atom. The van der Waals surface area contributed by atoms with Gasteiger partial charge < -0.3 is 4.74 Å². The lowest BCUT2D eigenvalue weighted by atomic mass is 10.1. The first-order valence-corrected chi connectivity index (χ1v) is 8.64. The first-order chi connectivity index (χ1) is 8.69. The SMILES string of the molecule is COC(=O)C(NS(=O)(=O)c1cc(C)c(Br)s1)C(C)C. The lowest BCUT2D eigenvalue weighted by Gasteiger charge is -2.19. The maximum absolute atomic E-state index is 12.2. The molecule has 0 aliphatic rings. The van der Waals surface area contributed by atoms with Crippen LogP contribution in [-0.2, 0) is 19.6 Å². The van der Waals surface area contributed by atoms with Crippen molar-refractivity contribution in [3.05, 3.63) is 15.4 Å². The molecule has 0 saturated heterocycles. The lowest BCUT2D eigenvalue weighted by Crippen LogP contribution is -2.44. The Labute approximate surface area is 125 Å². The average Bonchev–Trinajstić information content (AvgIpc) is 2.66. The molecule has 108 valence electrons. The average molecular weight is 370 g/mol. The van der Waals surface area contributed by atoms with Gasteiger partial charge in [0.1, 0.15) is 10.3 Å². The van der Waals surface area contributed by atoms with E-state index in [2.05, 4.69) is 25.4 Å². The minimum Gasteiger partial charge on any atom is -0.468 e. The molecule has 8 heteroatoms. The number of halogens is 1. The zero-order chi connectivity index (χ0) is 14.8. The smallest absolute Gasteiger partial charge is 0.324 e. The van der Waals surface area contributed by atoms with Crippen molar-refractivity contribution in [3.63, 3.8) is 0 Å². The van der Waals surface area contributed by atoms with Crippen molar-refractivity contribution in [2.45, 2.75) is 31.0 Å². The maximum atomic E-state index is 12.2. The molecule has 0 bridgehead atoms. The normalized spacial score (nSPS) is 13.6. The molecule has 0 fully saturated rings. The summed E-state index contributed by atoms with van der Waals surface area (Å²) in [6.45, 7) is 5.30. The van der Waals surface area contributed by atoms with Crippen LogP contribution in [0, 0.1) is 12.8 Å². The van der Waals surface area contributed by atoms with E-state index in [9.17, 15) is 13.2 Å². The Kier molecular flexibility index (Phi) is 5.54. The van der Waals surface area contributed by atoms with Gasteiger partial charge >= 0.3 is 5.97 Å². The molecular formula is C11H16BrNO4S2. The van der Waals surface area contributed by atoms with E-state index in [1.54, 1.807) is 26.8 Å². The third-order valence-corrected chi connectivity index (χ3v) is 6.55. The molecule has 1 heterocycles. The number of thiophene rings is 1. The van der Waals surface area contributed by atoms with Gasteiger partial charge in [-0.2, -0.15) is 4.72 Å². The highest BCUT2D eigenvalue weighted by atomic mass is 79.9. The van der Waals surface area contributed by atoms with Crippen molar-refractivity contribution in [2.24, 2.45) is 5.92 Å². The van der Waals surface area contributed by atoms with E-state index < -0.39 is 22.0 Å². The molecule has 1 rings (SSSR count). The number of carbonyl (C=O) groups excluding carboxylic acids is 1. The van der Waals surface area contributed by atoms with Crippen LogP contribution in [-0.4, -0.2) is 27.5 Å². The van der Waals surface area contributed by atoms with Crippen molar-refractivity contribution in [2.75, 3.05) is 7.11 Å². The lowest BCUT2D eigenvalue weighted by molar-refractivity contribution is -0.143. The summed E-state index contributed by atoms with van der Waals surface area (Å²) in [5.41, 5.74) is 0.838. The fourth-order valence-corrected chi connectivity index (χ4v) is 4.95. The first-order valence-electron chi connectivity index (χ1n) is 5.55. The second-order valence-electron chi connectivity index (χ2n) is 4.39. The van der Waals surface area contributed by atoms with Gasteiger partial charge in [0.15, 0.2) is 0 Å². The molecule has 0 aliphatic carbocycles. The number of ether oxygens (including phenoxy) is 1. The number of rotatable bonds is 5. The van der Waals surface area contributed by atoms with Gasteiger partial charge in [-0.3, -0.25) is 4.79 Å². The van der Waals surface area contributed by atoms with Crippen molar-refractivity contribution < 1.29 is 17.9 Å². The van der Waals surface area contributed by atoms with Crippen LogP contribution in [0.5, 0.6) is 0 Å². The second-order valence-corrected chi connectivity index (χ2v) is 8.70. The van der Waals surface area contributed by atoms with E-state index in [4.69, 9.17) is 0 Å². The highest BCUT2D eigenvalue weighted by molar-refractivity contribution is 9.11. The number of esters is 1. The van der Waals surface area contributed by atoms with Gasteiger partial charge in [0.25, 0.3) is 10.0 Å². The zero-order valence-corrected chi connectivity index (χ0v) is 14.3. The number of carbonyl (C=O) groups is 1. The molecule has 0 saturated carbocycles. The van der Waals surface area contributed by atoms with Crippen molar-refractivity contribution >= 4 is 43.3 Å². The molecule has 1 aromatic heterocycles. The van der Waals surface area contributed by atoms with Crippen LogP contribution in [0.25, 0.3) is 0 Å². The molecule has 0 amide bonds. The number of sulfonamides is 1. The maximum Gasteiger partial charge on any atom is 0.324 e. The highest BCUT2D eigenvalue weighted by Crippen LogP contribution is 2.30. The summed E-state index contributed by atoms with van der Waals surface area (Å²) in [5.74, 6) is -0.794. The van der Waals surface area contributed by atoms with Gasteiger partial charge in [-0.05, 0) is 40.4 Å². The molecule has 0 aliphatic heterocycles. The molecule has 19 heavy (non-hydrogen) atoms. The van der Waals surface area contributed by atoms with Gasteiger partial charge in [-0.1, -0.05) is 13.8 Å². The molecule has 1 N–H and O–H groups in total. The molecular weight excluding hydrogens is 354 g/mol. The third-order valence-electron chi connectivity index (χ3n) is 2.50. The number of hydrogen-bond acceptors (Lipinski definition) is 5. The highest BCUT2D eigenvalue weighted by Gasteiger charge is 2.30. The fraction of sp³-hybridized carbons (Fsp3) is 0.545. The van der Waals surface area contributed by atoms with E-state index in [0.29, 0.717) is 0 Å². The van der Waals surface area contributed by atoms with Crippen molar-refractivity contribution in [1.82, 2.24) is 4.72 Å². The second kappa shape index (κ2) is 6.34. The van der Waals surface area contributed by atoms with E-state index in [1.165, 1.54) is 7.11 Å². The monoisotopic (exact) mass is 369 g/mol. The van der Waals surface area contributed by atoms with Gasteiger partial charge in [-0.25, -0.2) is 8.42 Å². The van der Waals surface area contributed by atoms with Crippen molar-refractivity contribution in [1.29, 1.82) is 0 Å². The summed E-state index contributed by atoms with van der Waals surface area (Å²) in [6.07, 6.45) is 0. The van der Waals surface area contributed by atoms with Crippen LogP contribution >= 0.6 is 27.3 Å². The van der Waals surface area contributed by atoms with Crippen LogP contribution in [0.4, 0.5) is 0 Å². The predicted octanol–water partition coefficient (Wildman–Crippen LogP) is 2.29. The van der Waals surface area contributed by atoms with E-state index in [0.717, 1.165) is 20.7 Å². The van der Waals surface area contributed by atoms with E-state index >= 15 is 0 Å². The first kappa shape index (κ1) is 16.6. The molecule has 0 spiro atoms. The van der Waals surface area contributed by atoms with Gasteiger partial charge in [-0.15, -0.1) is 11.3 Å². The molecule has 1 aromatic rings.